The number of carbonyl (C=O) groups excluding carboxylic acids is 6. The Morgan fingerprint density at radius 1 is 0.462 bits per heavy atom. The van der Waals surface area contributed by atoms with Crippen LogP contribution in [0.1, 0.15) is 97.8 Å². The van der Waals surface area contributed by atoms with E-state index in [0.717, 1.165) is 33.4 Å². The summed E-state index contributed by atoms with van der Waals surface area (Å²) in [4.78, 5) is 93.5. The lowest BCUT2D eigenvalue weighted by Gasteiger charge is -2.39. The van der Waals surface area contributed by atoms with E-state index in [-0.39, 0.29) is 60.6 Å². The molecule has 5 aromatic carbocycles. The maximum atomic E-state index is 14.9. The van der Waals surface area contributed by atoms with Crippen molar-refractivity contribution in [2.75, 3.05) is 40.3 Å². The Hall–Kier alpha value is -7.24. The van der Waals surface area contributed by atoms with E-state index in [1.807, 2.05) is 121 Å². The molecule has 6 N–H and O–H groups in total. The van der Waals surface area contributed by atoms with Gasteiger partial charge < -0.3 is 41.7 Å². The Balaban J connectivity index is 0.875. The summed E-state index contributed by atoms with van der Waals surface area (Å²) in [7, 11) is 3.41. The molecule has 0 aromatic heterocycles. The zero-order chi connectivity index (χ0) is 54.7. The molecule has 16 heteroatoms. The van der Waals surface area contributed by atoms with Gasteiger partial charge in [-0.2, -0.15) is 0 Å². The van der Waals surface area contributed by atoms with Crippen molar-refractivity contribution in [2.24, 2.45) is 0 Å². The van der Waals surface area contributed by atoms with Gasteiger partial charge in [0.05, 0.1) is 24.2 Å². The minimum absolute atomic E-state index is 0.183. The maximum absolute atomic E-state index is 14.9. The Morgan fingerprint density at radius 3 is 1.09 bits per heavy atom. The number of likely N-dealkylation sites (N-methyl/N-ethyl adjacent to an activating group) is 2. The van der Waals surface area contributed by atoms with Crippen molar-refractivity contribution in [1.82, 2.24) is 51.5 Å². The summed E-state index contributed by atoms with van der Waals surface area (Å²) >= 11 is 0. The van der Waals surface area contributed by atoms with E-state index in [0.29, 0.717) is 64.7 Å². The topological polar surface area (TPSA) is 188 Å². The highest BCUT2D eigenvalue weighted by Crippen LogP contribution is 2.34. The third kappa shape index (κ3) is 13.2. The smallest absolute Gasteiger partial charge is 0.247 e. The zero-order valence-electron chi connectivity index (χ0n) is 45.4. The molecule has 78 heavy (non-hydrogen) atoms. The van der Waals surface area contributed by atoms with Crippen molar-refractivity contribution in [3.8, 4) is 0 Å². The van der Waals surface area contributed by atoms with Crippen LogP contribution in [0.5, 0.6) is 0 Å². The highest BCUT2D eigenvalue weighted by molar-refractivity contribution is 5.95. The number of carbonyl (C=O) groups is 6. The van der Waals surface area contributed by atoms with Crippen molar-refractivity contribution >= 4 is 35.4 Å². The lowest BCUT2D eigenvalue weighted by Crippen LogP contribution is -2.61. The van der Waals surface area contributed by atoms with Gasteiger partial charge in [0.15, 0.2) is 0 Å². The van der Waals surface area contributed by atoms with E-state index in [1.54, 1.807) is 37.7 Å². The zero-order valence-corrected chi connectivity index (χ0v) is 45.4. The molecule has 16 nitrogen and oxygen atoms in total. The standard InChI is InChI=1S/C62H76N10O6/c1-41(63-3)57(73)65-51-39-69(35-33-49-29-31-53(71(49)61(51)77)59(75)67-55(45-17-9-5-10-18-45)46-19-11-6-12-20-46)37-43-25-27-44(28-26-43)38-70-36-34-50-30-32-54(72(50)62(78)52(40-70)66-58(74)42(2)64-4)60(76)68-56(47-21-13-7-14-22-47)48-23-15-8-16-24-48/h5-28,41-42,49-56,63-64H,29-40H2,1-4H3,(H,65,73)(H,66,74)(H,67,75)(H,68,76)/t41-,42-,49+,50+,51-,52-,53-,54-/m0/s1. The molecular weight excluding hydrogens is 981 g/mol. The van der Waals surface area contributed by atoms with E-state index in [4.69, 9.17) is 0 Å². The lowest BCUT2D eigenvalue weighted by molar-refractivity contribution is -0.145. The molecule has 0 saturated carbocycles. The highest BCUT2D eigenvalue weighted by atomic mass is 16.2. The van der Waals surface area contributed by atoms with E-state index in [2.05, 4.69) is 66.0 Å². The summed E-state index contributed by atoms with van der Waals surface area (Å²) in [5.41, 5.74) is 5.85. The number of rotatable bonds is 18. The molecule has 4 aliphatic rings. The van der Waals surface area contributed by atoms with Crippen LogP contribution in [-0.2, 0) is 41.9 Å². The SMILES string of the molecule is CN[C@@H](C)C(=O)N[C@H]1CN(Cc2ccc(CN3CC[C@H]4CC[C@@H](C(=O)NC(c5ccccc5)c5ccccc5)N4C(=O)[C@@H](NC(=O)[C@H](C)NC)C3)cc2)CC[C@H]2CC[C@@H](C(=O)NC(c3ccccc3)c3ccccc3)N2C1=O. The summed E-state index contributed by atoms with van der Waals surface area (Å²) in [6, 6.07) is 42.3. The molecule has 9 rings (SSSR count). The van der Waals surface area contributed by atoms with Crippen LogP contribution in [0, 0.1) is 0 Å². The second-order valence-electron chi connectivity index (χ2n) is 21.5. The van der Waals surface area contributed by atoms with Gasteiger partial charge in [-0.05, 0) is 99.8 Å². The third-order valence-electron chi connectivity index (χ3n) is 16.4. The summed E-state index contributed by atoms with van der Waals surface area (Å²) in [5, 5.41) is 18.7. The number of nitrogens with one attached hydrogen (secondary N) is 6. The van der Waals surface area contributed by atoms with Gasteiger partial charge in [-0.15, -0.1) is 0 Å². The van der Waals surface area contributed by atoms with Crippen molar-refractivity contribution in [2.45, 2.75) is 126 Å². The van der Waals surface area contributed by atoms with Crippen molar-refractivity contribution in [1.29, 1.82) is 0 Å². The molecule has 0 radical (unpaired) electrons. The number of fused-ring (bicyclic) bond motifs is 2. The van der Waals surface area contributed by atoms with Gasteiger partial charge in [-0.1, -0.05) is 146 Å². The van der Waals surface area contributed by atoms with Crippen LogP contribution in [0.15, 0.2) is 146 Å². The molecule has 0 bridgehead atoms. The van der Waals surface area contributed by atoms with Crippen LogP contribution in [0.2, 0.25) is 0 Å². The quantitative estimate of drug-likeness (QED) is 0.0712. The van der Waals surface area contributed by atoms with Crippen LogP contribution in [0.3, 0.4) is 0 Å². The first kappa shape index (κ1) is 55.5. The molecule has 410 valence electrons. The molecular formula is C62H76N10O6. The summed E-state index contributed by atoms with van der Waals surface area (Å²) in [6.45, 7) is 6.41. The Labute approximate surface area is 459 Å². The second-order valence-corrected chi connectivity index (χ2v) is 21.5. The maximum Gasteiger partial charge on any atom is 0.247 e. The van der Waals surface area contributed by atoms with Crippen molar-refractivity contribution < 1.29 is 28.8 Å². The van der Waals surface area contributed by atoms with Gasteiger partial charge in [0, 0.05) is 51.4 Å². The van der Waals surface area contributed by atoms with Gasteiger partial charge in [-0.3, -0.25) is 38.6 Å². The number of hydrogen-bond donors (Lipinski definition) is 6. The largest absolute Gasteiger partial charge is 0.343 e. The fourth-order valence-corrected chi connectivity index (χ4v) is 11.8. The van der Waals surface area contributed by atoms with E-state index in [9.17, 15) is 28.8 Å². The third-order valence-corrected chi connectivity index (χ3v) is 16.4. The molecule has 8 atom stereocenters. The van der Waals surface area contributed by atoms with Gasteiger partial charge >= 0.3 is 0 Å². The molecule has 4 saturated heterocycles. The minimum Gasteiger partial charge on any atom is -0.343 e. The van der Waals surface area contributed by atoms with Gasteiger partial charge in [-0.25, -0.2) is 0 Å². The molecule has 4 aliphatic heterocycles. The van der Waals surface area contributed by atoms with E-state index in [1.165, 1.54) is 0 Å². The lowest BCUT2D eigenvalue weighted by atomic mass is 9.98. The van der Waals surface area contributed by atoms with Gasteiger partial charge in [0.2, 0.25) is 35.4 Å². The summed E-state index contributed by atoms with van der Waals surface area (Å²) in [6.07, 6.45) is 3.71. The molecule has 0 unspecified atom stereocenters. The average molecular weight is 1060 g/mol. The number of hydrogen-bond acceptors (Lipinski definition) is 10. The molecule has 4 heterocycles. The molecule has 6 amide bonds. The number of benzene rings is 5. The molecule has 0 spiro atoms. The normalized spacial score (nSPS) is 22.8. The Bertz CT molecular complexity index is 2560. The minimum atomic E-state index is -0.886. The molecule has 4 fully saturated rings. The van der Waals surface area contributed by atoms with Crippen LogP contribution in [0.25, 0.3) is 0 Å². The van der Waals surface area contributed by atoms with E-state index >= 15 is 0 Å². The number of amides is 6. The van der Waals surface area contributed by atoms with Crippen LogP contribution in [0.4, 0.5) is 0 Å². The van der Waals surface area contributed by atoms with Crippen LogP contribution >= 0.6 is 0 Å². The Kier molecular flexibility index (Phi) is 18.5. The highest BCUT2D eigenvalue weighted by Gasteiger charge is 2.47. The Morgan fingerprint density at radius 2 is 0.782 bits per heavy atom. The fourth-order valence-electron chi connectivity index (χ4n) is 11.8. The second kappa shape index (κ2) is 25.9. The van der Waals surface area contributed by atoms with Crippen LogP contribution in [-0.4, -0.2) is 144 Å². The monoisotopic (exact) mass is 1060 g/mol. The first-order chi connectivity index (χ1) is 37.9. The fraction of sp³-hybridized carbons (Fsp3) is 0.419. The predicted molar refractivity (Wildman–Crippen MR) is 300 cm³/mol. The first-order valence-electron chi connectivity index (χ1n) is 27.8. The van der Waals surface area contributed by atoms with Gasteiger partial charge in [0.25, 0.3) is 0 Å². The first-order valence-corrected chi connectivity index (χ1v) is 27.8. The predicted octanol–water partition coefficient (Wildman–Crippen LogP) is 4.81. The van der Waals surface area contributed by atoms with Crippen molar-refractivity contribution in [3.63, 3.8) is 0 Å². The van der Waals surface area contributed by atoms with Gasteiger partial charge in [0.1, 0.15) is 24.2 Å². The summed E-state index contributed by atoms with van der Waals surface area (Å²) in [5.74, 6) is -1.54. The van der Waals surface area contributed by atoms with E-state index < -0.39 is 48.3 Å². The van der Waals surface area contributed by atoms with Crippen molar-refractivity contribution in [3.05, 3.63) is 179 Å². The summed E-state index contributed by atoms with van der Waals surface area (Å²) < 4.78 is 0. The van der Waals surface area contributed by atoms with Crippen LogP contribution < -0.4 is 31.9 Å². The molecule has 0 aliphatic carbocycles. The molecule has 5 aromatic rings. The number of nitrogens with zero attached hydrogens (tertiary/aromatic N) is 4. The average Bonchev–Trinajstić information content (AvgIpc) is 4.11.